The topological polar surface area (TPSA) is 58.6 Å². The Labute approximate surface area is 137 Å². The molecule has 0 spiro atoms. The Morgan fingerprint density at radius 1 is 1.38 bits per heavy atom. The van der Waals surface area contributed by atoms with Crippen molar-refractivity contribution in [3.05, 3.63) is 29.8 Å². The molecule has 0 bridgehead atoms. The third kappa shape index (κ3) is 4.70. The summed E-state index contributed by atoms with van der Waals surface area (Å²) in [4.78, 5) is 24.1. The van der Waals surface area contributed by atoms with Gasteiger partial charge in [-0.25, -0.2) is 0 Å². The van der Waals surface area contributed by atoms with Crippen LogP contribution in [0.25, 0.3) is 0 Å². The van der Waals surface area contributed by atoms with E-state index in [-0.39, 0.29) is 24.9 Å². The molecule has 0 radical (unpaired) electrons. The summed E-state index contributed by atoms with van der Waals surface area (Å²) in [5, 5.41) is 2.73. The van der Waals surface area contributed by atoms with Crippen LogP contribution < -0.4 is 5.32 Å². The number of anilines is 1. The molecule has 0 aliphatic carbocycles. The minimum Gasteiger partial charge on any atom is -0.381 e. The zero-order valence-corrected chi connectivity index (χ0v) is 13.2. The van der Waals surface area contributed by atoms with Crippen molar-refractivity contribution >= 4 is 17.5 Å². The number of carbonyl (C=O) groups excluding carboxylic acids is 2. The predicted molar refractivity (Wildman–Crippen MR) is 81.1 cm³/mol. The van der Waals surface area contributed by atoms with E-state index in [0.29, 0.717) is 35.8 Å². The fraction of sp³-hybridized carbons (Fsp3) is 0.500. The minimum absolute atomic E-state index is 0.0612. The number of amides is 2. The molecule has 2 amide bonds. The number of halogens is 3. The predicted octanol–water partition coefficient (Wildman–Crippen LogP) is 2.57. The fourth-order valence-corrected chi connectivity index (χ4v) is 2.46. The number of benzene rings is 1. The number of ether oxygens (including phenoxy) is 1. The second kappa shape index (κ2) is 7.65. The summed E-state index contributed by atoms with van der Waals surface area (Å²) in [6, 6.07) is 6.46. The van der Waals surface area contributed by atoms with Crippen LogP contribution in [0.4, 0.5) is 18.9 Å². The Hall–Kier alpha value is -2.09. The van der Waals surface area contributed by atoms with Gasteiger partial charge >= 0.3 is 12.1 Å². The van der Waals surface area contributed by atoms with Crippen molar-refractivity contribution in [1.29, 1.82) is 0 Å². The van der Waals surface area contributed by atoms with Gasteiger partial charge in [0.2, 0.25) is 5.91 Å². The maximum atomic E-state index is 12.6. The van der Waals surface area contributed by atoms with Crippen molar-refractivity contribution in [2.75, 3.05) is 25.1 Å². The summed E-state index contributed by atoms with van der Waals surface area (Å²) < 4.78 is 42.8. The highest BCUT2D eigenvalue weighted by molar-refractivity contribution is 5.92. The summed E-state index contributed by atoms with van der Waals surface area (Å²) in [6.07, 6.45) is -4.25. The molecule has 1 aromatic carbocycles. The van der Waals surface area contributed by atoms with Gasteiger partial charge in [-0.1, -0.05) is 12.1 Å². The molecule has 1 N–H and O–H groups in total. The third-order valence-electron chi connectivity index (χ3n) is 3.78. The molecular formula is C16H19F3N2O3. The molecule has 2 rings (SSSR count). The van der Waals surface area contributed by atoms with Gasteiger partial charge in [0, 0.05) is 25.4 Å². The zero-order valence-electron chi connectivity index (χ0n) is 13.2. The molecule has 1 unspecified atom stereocenters. The number of alkyl halides is 3. The van der Waals surface area contributed by atoms with E-state index in [1.54, 1.807) is 24.3 Å². The van der Waals surface area contributed by atoms with Gasteiger partial charge in [0.25, 0.3) is 0 Å². The van der Waals surface area contributed by atoms with Crippen LogP contribution in [0.2, 0.25) is 0 Å². The maximum absolute atomic E-state index is 12.6. The summed E-state index contributed by atoms with van der Waals surface area (Å²) >= 11 is 0. The first-order valence-corrected chi connectivity index (χ1v) is 7.65. The second-order valence-corrected chi connectivity index (χ2v) is 5.57. The Morgan fingerprint density at radius 2 is 2.12 bits per heavy atom. The van der Waals surface area contributed by atoms with Crippen LogP contribution in [0.15, 0.2) is 24.3 Å². The van der Waals surface area contributed by atoms with Gasteiger partial charge in [0.15, 0.2) is 0 Å². The van der Waals surface area contributed by atoms with Gasteiger partial charge in [-0.3, -0.25) is 9.59 Å². The molecule has 8 heteroatoms. The lowest BCUT2D eigenvalue weighted by Gasteiger charge is -2.22. The number of nitrogens with one attached hydrogen (secondary N) is 1. The number of carbonyl (C=O) groups is 2. The lowest BCUT2D eigenvalue weighted by Crippen LogP contribution is -2.40. The fourth-order valence-electron chi connectivity index (χ4n) is 2.46. The molecule has 0 aromatic heterocycles. The van der Waals surface area contributed by atoms with Crippen LogP contribution in [0.5, 0.6) is 0 Å². The van der Waals surface area contributed by atoms with E-state index in [0.717, 1.165) is 0 Å². The van der Waals surface area contributed by atoms with Crippen LogP contribution in [-0.4, -0.2) is 42.6 Å². The Kier molecular flexibility index (Phi) is 5.82. The average Bonchev–Trinajstić information content (AvgIpc) is 3.06. The molecule has 1 fully saturated rings. The van der Waals surface area contributed by atoms with Crippen molar-refractivity contribution in [3.63, 3.8) is 0 Å². The molecule has 0 saturated carbocycles. The molecule has 1 aliphatic rings. The highest BCUT2D eigenvalue weighted by Crippen LogP contribution is 2.21. The summed E-state index contributed by atoms with van der Waals surface area (Å²) in [7, 11) is 0. The van der Waals surface area contributed by atoms with Crippen LogP contribution in [0.3, 0.4) is 0 Å². The van der Waals surface area contributed by atoms with Crippen molar-refractivity contribution in [3.8, 4) is 0 Å². The maximum Gasteiger partial charge on any atom is 0.471 e. The summed E-state index contributed by atoms with van der Waals surface area (Å²) in [5.41, 5.74) is 0.995. The van der Waals surface area contributed by atoms with Gasteiger partial charge in [0.05, 0.1) is 12.5 Å². The zero-order chi connectivity index (χ0) is 17.7. The van der Waals surface area contributed by atoms with E-state index in [1.807, 2.05) is 0 Å². The first kappa shape index (κ1) is 18.3. The number of rotatable bonds is 5. The highest BCUT2D eigenvalue weighted by atomic mass is 19.4. The molecule has 1 heterocycles. The van der Waals surface area contributed by atoms with E-state index in [9.17, 15) is 22.8 Å². The molecule has 1 saturated heterocycles. The van der Waals surface area contributed by atoms with E-state index in [4.69, 9.17) is 4.74 Å². The molecule has 132 valence electrons. The quantitative estimate of drug-likeness (QED) is 0.893. The lowest BCUT2D eigenvalue weighted by molar-refractivity contribution is -0.185. The Balaban J connectivity index is 2.03. The monoisotopic (exact) mass is 344 g/mol. The van der Waals surface area contributed by atoms with Gasteiger partial charge < -0.3 is 15.0 Å². The minimum atomic E-state index is -4.90. The molecule has 1 aliphatic heterocycles. The number of hydrogen-bond acceptors (Lipinski definition) is 3. The Morgan fingerprint density at radius 3 is 2.71 bits per heavy atom. The van der Waals surface area contributed by atoms with Gasteiger partial charge in [-0.2, -0.15) is 13.2 Å². The van der Waals surface area contributed by atoms with Gasteiger partial charge in [-0.05, 0) is 31.0 Å². The van der Waals surface area contributed by atoms with Crippen molar-refractivity contribution in [2.45, 2.75) is 26.1 Å². The van der Waals surface area contributed by atoms with Crippen LogP contribution >= 0.6 is 0 Å². The lowest BCUT2D eigenvalue weighted by atomic mass is 10.1. The highest BCUT2D eigenvalue weighted by Gasteiger charge is 2.41. The summed E-state index contributed by atoms with van der Waals surface area (Å²) in [5.74, 6) is -2.27. The molecule has 1 atom stereocenters. The molecule has 1 aromatic rings. The van der Waals surface area contributed by atoms with Crippen LogP contribution in [0, 0.1) is 5.92 Å². The smallest absolute Gasteiger partial charge is 0.381 e. The second-order valence-electron chi connectivity index (χ2n) is 5.57. The Bertz CT molecular complexity index is 598. The van der Waals surface area contributed by atoms with E-state index < -0.39 is 12.1 Å². The van der Waals surface area contributed by atoms with Crippen molar-refractivity contribution < 1.29 is 27.5 Å². The van der Waals surface area contributed by atoms with Crippen molar-refractivity contribution in [2.24, 2.45) is 5.92 Å². The summed E-state index contributed by atoms with van der Waals surface area (Å²) in [6.45, 7) is 2.16. The largest absolute Gasteiger partial charge is 0.471 e. The van der Waals surface area contributed by atoms with Crippen LogP contribution in [-0.2, 0) is 20.9 Å². The first-order valence-electron chi connectivity index (χ1n) is 7.65. The third-order valence-corrected chi connectivity index (χ3v) is 3.78. The SMILES string of the molecule is CCN(Cc1cccc(NC(=O)C2CCOC2)c1)C(=O)C(F)(F)F. The molecular weight excluding hydrogens is 325 g/mol. The van der Waals surface area contributed by atoms with Gasteiger partial charge in [0.1, 0.15) is 0 Å². The molecule has 24 heavy (non-hydrogen) atoms. The van der Waals surface area contributed by atoms with E-state index >= 15 is 0 Å². The first-order chi connectivity index (χ1) is 11.3. The van der Waals surface area contributed by atoms with Gasteiger partial charge in [-0.15, -0.1) is 0 Å². The van der Waals surface area contributed by atoms with Crippen LogP contribution in [0.1, 0.15) is 18.9 Å². The number of hydrogen-bond donors (Lipinski definition) is 1. The van der Waals surface area contributed by atoms with E-state index in [2.05, 4.69) is 5.32 Å². The van der Waals surface area contributed by atoms with Crippen molar-refractivity contribution in [1.82, 2.24) is 4.90 Å². The normalized spacial score (nSPS) is 17.6. The molecule has 5 nitrogen and oxygen atoms in total. The average molecular weight is 344 g/mol. The van der Waals surface area contributed by atoms with E-state index in [1.165, 1.54) is 6.92 Å². The standard InChI is InChI=1S/C16H19F3N2O3/c1-2-21(15(23)16(17,18)19)9-11-4-3-5-13(8-11)20-14(22)12-6-7-24-10-12/h3-5,8,12H,2,6-7,9-10H2,1H3,(H,20,22). The number of nitrogens with zero attached hydrogens (tertiary/aromatic N) is 1.